The van der Waals surface area contributed by atoms with Crippen LogP contribution in [0.1, 0.15) is 267 Å². The Kier molecular flexibility index (Phi) is 51.0. The summed E-state index contributed by atoms with van der Waals surface area (Å²) in [6, 6.07) is -0.641. The number of allylic oxidation sites excluding steroid dienone is 4. The van der Waals surface area contributed by atoms with E-state index in [9.17, 15) is 19.2 Å². The summed E-state index contributed by atoms with van der Waals surface area (Å²) in [6.45, 7) is 20.9. The molecule has 0 saturated carbocycles. The van der Waals surface area contributed by atoms with Gasteiger partial charge >= 0.3 is 11.9 Å². The maximum Gasteiger partial charge on any atom is 0.305 e. The molecule has 0 saturated heterocycles. The SMILES string of the molecule is CC/C=C\CCCCOC(CCC(=O)OCCCC(C(=O)NCCCCCCCC)N(CCCN(CC)CC)C(=O)CCCCCCCC(=O)OCC(CCCC)CCCCCC)OCCCC/C=C\CC. The van der Waals surface area contributed by atoms with Crippen molar-refractivity contribution in [1.82, 2.24) is 15.1 Å². The average molecular weight is 1020 g/mol. The summed E-state index contributed by atoms with van der Waals surface area (Å²) in [5.74, 6) is -0.0451. The lowest BCUT2D eigenvalue weighted by atomic mass is 9.96. The van der Waals surface area contributed by atoms with Gasteiger partial charge in [-0.1, -0.05) is 163 Å². The molecule has 0 radical (unpaired) electrons. The molecule has 2 atom stereocenters. The molecule has 0 aromatic rings. The number of amides is 2. The third-order valence-electron chi connectivity index (χ3n) is 13.7. The number of hydrogen-bond acceptors (Lipinski definition) is 9. The molecule has 11 nitrogen and oxygen atoms in total. The van der Waals surface area contributed by atoms with Crippen molar-refractivity contribution in [2.24, 2.45) is 5.92 Å². The quantitative estimate of drug-likeness (QED) is 0.0274. The van der Waals surface area contributed by atoms with Crippen LogP contribution in [-0.4, -0.2) is 105 Å². The second kappa shape index (κ2) is 53.1. The molecular weight excluding hydrogens is 903 g/mol. The van der Waals surface area contributed by atoms with E-state index in [0.29, 0.717) is 70.9 Å². The zero-order chi connectivity index (χ0) is 53.0. The number of ether oxygens (including phenoxy) is 4. The number of unbranched alkanes of at least 4 members (excludes halogenated alkanes) is 17. The van der Waals surface area contributed by atoms with Crippen molar-refractivity contribution in [3.63, 3.8) is 0 Å². The Bertz CT molecular complexity index is 1280. The van der Waals surface area contributed by atoms with Gasteiger partial charge in [0.05, 0.1) is 19.6 Å². The molecule has 2 amide bonds. The van der Waals surface area contributed by atoms with E-state index in [0.717, 1.165) is 142 Å². The first kappa shape index (κ1) is 69.2. The molecule has 0 aliphatic rings. The van der Waals surface area contributed by atoms with Crippen molar-refractivity contribution in [3.05, 3.63) is 24.3 Å². The van der Waals surface area contributed by atoms with Crippen LogP contribution in [0, 0.1) is 5.92 Å². The predicted molar refractivity (Wildman–Crippen MR) is 301 cm³/mol. The normalized spacial score (nSPS) is 12.6. The number of carbonyl (C=O) groups excluding carboxylic acids is 4. The molecule has 0 heterocycles. The number of rotatable bonds is 54. The highest BCUT2D eigenvalue weighted by atomic mass is 16.7. The zero-order valence-electron chi connectivity index (χ0n) is 48.1. The van der Waals surface area contributed by atoms with E-state index in [1.54, 1.807) is 0 Å². The van der Waals surface area contributed by atoms with E-state index in [-0.39, 0.29) is 36.8 Å². The van der Waals surface area contributed by atoms with Crippen molar-refractivity contribution >= 4 is 23.8 Å². The third-order valence-corrected chi connectivity index (χ3v) is 13.7. The zero-order valence-corrected chi connectivity index (χ0v) is 48.1. The number of carbonyl (C=O) groups is 4. The fraction of sp³-hybridized carbons (Fsp3) is 0.869. The fourth-order valence-electron chi connectivity index (χ4n) is 9.00. The van der Waals surface area contributed by atoms with Crippen LogP contribution < -0.4 is 5.32 Å². The van der Waals surface area contributed by atoms with E-state index in [1.807, 2.05) is 4.90 Å². The number of nitrogens with zero attached hydrogens (tertiary/aromatic N) is 2. The largest absolute Gasteiger partial charge is 0.466 e. The van der Waals surface area contributed by atoms with Gasteiger partial charge in [-0.05, 0) is 128 Å². The molecule has 2 unspecified atom stereocenters. The molecule has 0 aliphatic heterocycles. The van der Waals surface area contributed by atoms with Crippen LogP contribution in [0.5, 0.6) is 0 Å². The Balaban J connectivity index is 5.56. The van der Waals surface area contributed by atoms with Crippen LogP contribution in [0.25, 0.3) is 0 Å². The monoisotopic (exact) mass is 1020 g/mol. The van der Waals surface area contributed by atoms with E-state index in [4.69, 9.17) is 18.9 Å². The van der Waals surface area contributed by atoms with E-state index in [2.05, 4.69) is 83.0 Å². The summed E-state index contributed by atoms with van der Waals surface area (Å²) in [5, 5.41) is 3.19. The third kappa shape index (κ3) is 42.6. The molecule has 0 aromatic heterocycles. The Morgan fingerprint density at radius 2 is 1.03 bits per heavy atom. The Hall–Kier alpha value is -2.76. The molecule has 0 bridgehead atoms. The van der Waals surface area contributed by atoms with Gasteiger partial charge in [-0.15, -0.1) is 0 Å². The van der Waals surface area contributed by atoms with Crippen LogP contribution in [-0.2, 0) is 38.1 Å². The molecule has 0 spiro atoms. The molecular formula is C61H115N3O8. The summed E-state index contributed by atoms with van der Waals surface area (Å²) in [7, 11) is 0. The summed E-state index contributed by atoms with van der Waals surface area (Å²) >= 11 is 0. The van der Waals surface area contributed by atoms with Crippen LogP contribution >= 0.6 is 0 Å². The molecule has 422 valence electrons. The van der Waals surface area contributed by atoms with Crippen molar-refractivity contribution in [2.75, 3.05) is 59.2 Å². The van der Waals surface area contributed by atoms with Gasteiger partial charge in [-0.25, -0.2) is 0 Å². The van der Waals surface area contributed by atoms with Gasteiger partial charge in [-0.2, -0.15) is 0 Å². The van der Waals surface area contributed by atoms with E-state index in [1.165, 1.54) is 57.8 Å². The van der Waals surface area contributed by atoms with Gasteiger partial charge < -0.3 is 34.1 Å². The maximum atomic E-state index is 14.2. The smallest absolute Gasteiger partial charge is 0.305 e. The fourth-order valence-corrected chi connectivity index (χ4v) is 9.00. The van der Waals surface area contributed by atoms with Gasteiger partial charge in [0, 0.05) is 45.6 Å². The van der Waals surface area contributed by atoms with Crippen molar-refractivity contribution in [1.29, 1.82) is 0 Å². The maximum absolute atomic E-state index is 14.2. The van der Waals surface area contributed by atoms with Crippen LogP contribution in [0.2, 0.25) is 0 Å². The minimum absolute atomic E-state index is 0.00282. The molecule has 11 heteroatoms. The second-order valence-corrected chi connectivity index (χ2v) is 20.2. The highest BCUT2D eigenvalue weighted by molar-refractivity contribution is 5.87. The lowest BCUT2D eigenvalue weighted by molar-refractivity contribution is -0.159. The number of esters is 2. The minimum atomic E-state index is -0.641. The molecule has 1 N–H and O–H groups in total. The lowest BCUT2D eigenvalue weighted by Crippen LogP contribution is -2.50. The summed E-state index contributed by atoms with van der Waals surface area (Å²) in [4.78, 5) is 58.2. The molecule has 0 aliphatic carbocycles. The highest BCUT2D eigenvalue weighted by Gasteiger charge is 2.29. The van der Waals surface area contributed by atoms with Gasteiger partial charge in [-0.3, -0.25) is 19.2 Å². The van der Waals surface area contributed by atoms with Gasteiger partial charge in [0.1, 0.15) is 6.04 Å². The first-order valence-corrected chi connectivity index (χ1v) is 30.3. The van der Waals surface area contributed by atoms with E-state index >= 15 is 0 Å². The van der Waals surface area contributed by atoms with Crippen LogP contribution in [0.4, 0.5) is 0 Å². The van der Waals surface area contributed by atoms with Crippen LogP contribution in [0.15, 0.2) is 24.3 Å². The summed E-state index contributed by atoms with van der Waals surface area (Å²) in [6.07, 6.45) is 40.2. The average Bonchev–Trinajstić information content (AvgIpc) is 3.38. The van der Waals surface area contributed by atoms with Crippen molar-refractivity contribution < 1.29 is 38.1 Å². The highest BCUT2D eigenvalue weighted by Crippen LogP contribution is 2.20. The molecule has 72 heavy (non-hydrogen) atoms. The lowest BCUT2D eigenvalue weighted by Gasteiger charge is -2.32. The summed E-state index contributed by atoms with van der Waals surface area (Å²) in [5.41, 5.74) is 0. The van der Waals surface area contributed by atoms with Gasteiger partial charge in [0.25, 0.3) is 0 Å². The van der Waals surface area contributed by atoms with Crippen LogP contribution in [0.3, 0.4) is 0 Å². The Morgan fingerprint density at radius 3 is 1.64 bits per heavy atom. The predicted octanol–water partition coefficient (Wildman–Crippen LogP) is 15.2. The topological polar surface area (TPSA) is 124 Å². The van der Waals surface area contributed by atoms with Gasteiger partial charge in [0.15, 0.2) is 6.29 Å². The molecule has 0 fully saturated rings. The Labute approximate surface area is 443 Å². The number of hydrogen-bond donors (Lipinski definition) is 1. The minimum Gasteiger partial charge on any atom is -0.466 e. The molecule has 0 aromatic carbocycles. The van der Waals surface area contributed by atoms with E-state index < -0.39 is 12.3 Å². The standard InChI is InChI=1S/C61H115N3O8/c1-8-15-20-24-30-36-48-62-61(68)56(43-39-53-69-59(67)46-47-60(70-51-37-31-25-21-16-9-2)71-52-38-32-26-22-17-10-3)64(50-40-49-63(13-6)14-7)57(65)44-34-28-27-29-35-45-58(66)72-54-55(41-19-12-5)42-33-23-18-11-4/h16-17,21-22,55-56,60H,8-15,18-20,23-54H2,1-7H3,(H,62,68)/b21-16-,22-17-. The molecule has 0 rings (SSSR count). The van der Waals surface area contributed by atoms with Crippen molar-refractivity contribution in [3.8, 4) is 0 Å². The second-order valence-electron chi connectivity index (χ2n) is 20.2. The van der Waals surface area contributed by atoms with Crippen molar-refractivity contribution in [2.45, 2.75) is 279 Å². The summed E-state index contributed by atoms with van der Waals surface area (Å²) < 4.78 is 23.8. The number of nitrogens with one attached hydrogen (secondary N) is 1. The first-order chi connectivity index (χ1) is 35.2. The first-order valence-electron chi connectivity index (χ1n) is 30.3. The Morgan fingerprint density at radius 1 is 0.472 bits per heavy atom. The van der Waals surface area contributed by atoms with Gasteiger partial charge in [0.2, 0.25) is 11.8 Å².